The SMILES string of the molecule is COc1ccc(S(=O)(=O)NC2CCN(C3CCCC3)CC2)cc1. The molecule has 0 atom stereocenters. The average Bonchev–Trinajstić information content (AvgIpc) is 3.10. The second-order valence-electron chi connectivity index (χ2n) is 6.55. The van der Waals surface area contributed by atoms with Crippen LogP contribution in [0.15, 0.2) is 29.2 Å². The molecule has 0 amide bonds. The lowest BCUT2D eigenvalue weighted by Crippen LogP contribution is -2.47. The molecule has 1 aromatic carbocycles. The first-order valence-electron chi connectivity index (χ1n) is 8.49. The van der Waals surface area contributed by atoms with Gasteiger partial charge < -0.3 is 9.64 Å². The molecule has 0 bridgehead atoms. The Morgan fingerprint density at radius 3 is 2.22 bits per heavy atom. The number of rotatable bonds is 5. The number of sulfonamides is 1. The van der Waals surface area contributed by atoms with Gasteiger partial charge in [-0.1, -0.05) is 12.8 Å². The van der Waals surface area contributed by atoms with Crippen molar-refractivity contribution < 1.29 is 13.2 Å². The number of benzene rings is 1. The number of ether oxygens (including phenoxy) is 1. The number of hydrogen-bond acceptors (Lipinski definition) is 4. The molecule has 1 aliphatic heterocycles. The summed E-state index contributed by atoms with van der Waals surface area (Å²) in [5.74, 6) is 0.661. The van der Waals surface area contributed by atoms with Crippen LogP contribution >= 0.6 is 0 Å². The maximum atomic E-state index is 12.5. The third-order valence-corrected chi connectivity index (χ3v) is 6.60. The minimum Gasteiger partial charge on any atom is -0.497 e. The lowest BCUT2D eigenvalue weighted by molar-refractivity contribution is 0.151. The highest BCUT2D eigenvalue weighted by molar-refractivity contribution is 7.89. The van der Waals surface area contributed by atoms with Crippen molar-refractivity contribution in [3.63, 3.8) is 0 Å². The predicted octanol–water partition coefficient (Wildman–Crippen LogP) is 2.38. The Morgan fingerprint density at radius 1 is 1.04 bits per heavy atom. The molecule has 5 nitrogen and oxygen atoms in total. The van der Waals surface area contributed by atoms with Crippen molar-refractivity contribution in [2.75, 3.05) is 20.2 Å². The molecule has 1 saturated carbocycles. The monoisotopic (exact) mass is 338 g/mol. The Bertz CT molecular complexity index is 601. The van der Waals surface area contributed by atoms with Crippen LogP contribution in [0.4, 0.5) is 0 Å². The second kappa shape index (κ2) is 7.20. The summed E-state index contributed by atoms with van der Waals surface area (Å²) in [6, 6.07) is 7.31. The van der Waals surface area contributed by atoms with E-state index in [2.05, 4.69) is 9.62 Å². The molecule has 23 heavy (non-hydrogen) atoms. The summed E-state index contributed by atoms with van der Waals surface area (Å²) in [6.45, 7) is 2.00. The van der Waals surface area contributed by atoms with Gasteiger partial charge in [-0.15, -0.1) is 0 Å². The van der Waals surface area contributed by atoms with E-state index in [4.69, 9.17) is 4.74 Å². The standard InChI is InChI=1S/C17H26N2O3S/c1-22-16-6-8-17(9-7-16)23(20,21)18-14-10-12-19(13-11-14)15-4-2-3-5-15/h6-9,14-15,18H,2-5,10-13H2,1H3. The normalized spacial score (nSPS) is 21.6. The number of piperidine rings is 1. The van der Waals surface area contributed by atoms with Gasteiger partial charge in [-0.25, -0.2) is 13.1 Å². The van der Waals surface area contributed by atoms with Crippen LogP contribution in [0.3, 0.4) is 0 Å². The van der Waals surface area contributed by atoms with Gasteiger partial charge in [-0.2, -0.15) is 0 Å². The maximum absolute atomic E-state index is 12.5. The van der Waals surface area contributed by atoms with Gasteiger partial charge in [0, 0.05) is 12.1 Å². The van der Waals surface area contributed by atoms with Crippen LogP contribution in [0, 0.1) is 0 Å². The fraction of sp³-hybridized carbons (Fsp3) is 0.647. The molecule has 6 heteroatoms. The summed E-state index contributed by atoms with van der Waals surface area (Å²) in [5, 5.41) is 0. The van der Waals surface area contributed by atoms with Crippen LogP contribution in [0.1, 0.15) is 38.5 Å². The molecule has 2 aliphatic rings. The van der Waals surface area contributed by atoms with Gasteiger partial charge in [0.1, 0.15) is 5.75 Å². The van der Waals surface area contributed by atoms with E-state index in [9.17, 15) is 8.42 Å². The lowest BCUT2D eigenvalue weighted by atomic mass is 10.0. The summed E-state index contributed by atoms with van der Waals surface area (Å²) in [5.41, 5.74) is 0. The van der Waals surface area contributed by atoms with Crippen LogP contribution in [0.25, 0.3) is 0 Å². The van der Waals surface area contributed by atoms with Crippen molar-refractivity contribution >= 4 is 10.0 Å². The highest BCUT2D eigenvalue weighted by Crippen LogP contribution is 2.26. The minimum atomic E-state index is -3.45. The van der Waals surface area contributed by atoms with E-state index in [0.29, 0.717) is 10.6 Å². The zero-order valence-corrected chi connectivity index (χ0v) is 14.5. The van der Waals surface area contributed by atoms with Crippen molar-refractivity contribution in [3.8, 4) is 5.75 Å². The Hall–Kier alpha value is -1.11. The summed E-state index contributed by atoms with van der Waals surface area (Å²) < 4.78 is 32.9. The first kappa shape index (κ1) is 16.7. The highest BCUT2D eigenvalue weighted by atomic mass is 32.2. The number of likely N-dealkylation sites (tertiary alicyclic amines) is 1. The van der Waals surface area contributed by atoms with E-state index in [1.165, 1.54) is 25.7 Å². The van der Waals surface area contributed by atoms with Crippen LogP contribution < -0.4 is 9.46 Å². The highest BCUT2D eigenvalue weighted by Gasteiger charge is 2.29. The molecule has 1 N–H and O–H groups in total. The van der Waals surface area contributed by atoms with Crippen LogP contribution in [-0.2, 0) is 10.0 Å². The first-order valence-corrected chi connectivity index (χ1v) is 9.97. The van der Waals surface area contributed by atoms with Gasteiger partial charge in [0.2, 0.25) is 10.0 Å². The molecule has 1 aromatic rings. The van der Waals surface area contributed by atoms with E-state index >= 15 is 0 Å². The van der Waals surface area contributed by atoms with E-state index in [1.807, 2.05) is 0 Å². The zero-order valence-electron chi connectivity index (χ0n) is 13.7. The summed E-state index contributed by atoms with van der Waals surface area (Å²) >= 11 is 0. The van der Waals surface area contributed by atoms with Crippen molar-refractivity contribution in [2.45, 2.75) is 55.5 Å². The summed E-state index contributed by atoms with van der Waals surface area (Å²) in [7, 11) is -1.88. The molecule has 128 valence electrons. The maximum Gasteiger partial charge on any atom is 0.240 e. The van der Waals surface area contributed by atoms with E-state index < -0.39 is 10.0 Å². The van der Waals surface area contributed by atoms with Crippen LogP contribution in [-0.4, -0.2) is 45.6 Å². The number of nitrogens with one attached hydrogen (secondary N) is 1. The Morgan fingerprint density at radius 2 is 1.65 bits per heavy atom. The quantitative estimate of drug-likeness (QED) is 0.895. The largest absolute Gasteiger partial charge is 0.497 e. The van der Waals surface area contributed by atoms with E-state index in [1.54, 1.807) is 31.4 Å². The van der Waals surface area contributed by atoms with Gasteiger partial charge in [0.25, 0.3) is 0 Å². The number of hydrogen-bond donors (Lipinski definition) is 1. The lowest BCUT2D eigenvalue weighted by Gasteiger charge is -2.36. The van der Waals surface area contributed by atoms with Crippen molar-refractivity contribution in [1.29, 1.82) is 0 Å². The summed E-state index contributed by atoms with van der Waals surface area (Å²) in [6.07, 6.45) is 7.09. The predicted molar refractivity (Wildman–Crippen MR) is 90.2 cm³/mol. The fourth-order valence-electron chi connectivity index (χ4n) is 3.69. The third-order valence-electron chi connectivity index (χ3n) is 5.06. The van der Waals surface area contributed by atoms with Crippen LogP contribution in [0.2, 0.25) is 0 Å². The summed E-state index contributed by atoms with van der Waals surface area (Å²) in [4.78, 5) is 2.85. The number of nitrogens with zero attached hydrogens (tertiary/aromatic N) is 1. The van der Waals surface area contributed by atoms with Gasteiger partial charge >= 0.3 is 0 Å². The van der Waals surface area contributed by atoms with Crippen molar-refractivity contribution in [3.05, 3.63) is 24.3 Å². The third kappa shape index (κ3) is 4.05. The van der Waals surface area contributed by atoms with E-state index in [0.717, 1.165) is 32.0 Å². The van der Waals surface area contributed by atoms with E-state index in [-0.39, 0.29) is 6.04 Å². The molecule has 1 saturated heterocycles. The molecule has 0 aromatic heterocycles. The average molecular weight is 338 g/mol. The Kier molecular flexibility index (Phi) is 5.24. The molecule has 1 heterocycles. The Labute approximate surface area is 139 Å². The van der Waals surface area contributed by atoms with Crippen LogP contribution in [0.5, 0.6) is 5.75 Å². The smallest absolute Gasteiger partial charge is 0.240 e. The second-order valence-corrected chi connectivity index (χ2v) is 8.26. The molecule has 2 fully saturated rings. The first-order chi connectivity index (χ1) is 11.1. The fourth-order valence-corrected chi connectivity index (χ4v) is 5.00. The molecular formula is C17H26N2O3S. The molecule has 0 unspecified atom stereocenters. The molecule has 0 spiro atoms. The van der Waals surface area contributed by atoms with Crippen molar-refractivity contribution in [1.82, 2.24) is 9.62 Å². The molecule has 0 radical (unpaired) electrons. The Balaban J connectivity index is 1.56. The van der Waals surface area contributed by atoms with Gasteiger partial charge in [0.15, 0.2) is 0 Å². The minimum absolute atomic E-state index is 0.0414. The van der Waals surface area contributed by atoms with Gasteiger partial charge in [-0.05, 0) is 63.0 Å². The molecular weight excluding hydrogens is 312 g/mol. The zero-order chi connectivity index (χ0) is 16.3. The van der Waals surface area contributed by atoms with Gasteiger partial charge in [-0.3, -0.25) is 0 Å². The topological polar surface area (TPSA) is 58.6 Å². The molecule has 3 rings (SSSR count). The van der Waals surface area contributed by atoms with Gasteiger partial charge in [0.05, 0.1) is 12.0 Å². The van der Waals surface area contributed by atoms with Crippen molar-refractivity contribution in [2.24, 2.45) is 0 Å². The number of methoxy groups -OCH3 is 1. The molecule has 1 aliphatic carbocycles.